The Labute approximate surface area is 160 Å². The molecule has 0 N–H and O–H groups in total. The molecule has 2 aromatic heterocycles. The van der Waals surface area contributed by atoms with E-state index in [1.54, 1.807) is 35.3 Å². The maximum absolute atomic E-state index is 12.6. The topological polar surface area (TPSA) is 83.3 Å². The van der Waals surface area contributed by atoms with Gasteiger partial charge >= 0.3 is 11.9 Å². The number of aromatic nitrogens is 3. The van der Waals surface area contributed by atoms with Gasteiger partial charge in [0.2, 0.25) is 0 Å². The maximum atomic E-state index is 12.6. The normalized spacial score (nSPS) is 11.8. The lowest BCUT2D eigenvalue weighted by Crippen LogP contribution is -2.17. The van der Waals surface area contributed by atoms with Crippen molar-refractivity contribution >= 4 is 23.3 Å². The Hall–Kier alpha value is -3.00. The lowest BCUT2D eigenvalue weighted by Gasteiger charge is -2.17. The van der Waals surface area contributed by atoms with E-state index in [2.05, 4.69) is 10.1 Å². The number of ether oxygens (including phenoxy) is 2. The molecule has 1 aromatic carbocycles. The van der Waals surface area contributed by atoms with Crippen molar-refractivity contribution in [1.29, 1.82) is 0 Å². The van der Waals surface area contributed by atoms with Gasteiger partial charge in [0, 0.05) is 24.2 Å². The summed E-state index contributed by atoms with van der Waals surface area (Å²) in [6.07, 6.45) is 2.72. The van der Waals surface area contributed by atoms with Gasteiger partial charge in [-0.1, -0.05) is 30.3 Å². The first-order chi connectivity index (χ1) is 13.1. The van der Waals surface area contributed by atoms with Crippen LogP contribution in [0.3, 0.4) is 0 Å². The van der Waals surface area contributed by atoms with Gasteiger partial charge in [-0.3, -0.25) is 9.48 Å². The summed E-state index contributed by atoms with van der Waals surface area (Å²) in [6, 6.07) is 9.11. The first kappa shape index (κ1) is 18.8. The van der Waals surface area contributed by atoms with Gasteiger partial charge < -0.3 is 9.47 Å². The highest BCUT2D eigenvalue weighted by Crippen LogP contribution is 2.26. The monoisotopic (exact) mass is 385 g/mol. The summed E-state index contributed by atoms with van der Waals surface area (Å²) in [7, 11) is 1.81. The Morgan fingerprint density at radius 3 is 2.70 bits per heavy atom. The van der Waals surface area contributed by atoms with Gasteiger partial charge in [0.1, 0.15) is 11.1 Å². The van der Waals surface area contributed by atoms with E-state index in [-0.39, 0.29) is 18.7 Å². The van der Waals surface area contributed by atoms with E-state index in [0.29, 0.717) is 5.01 Å². The quantitative estimate of drug-likeness (QED) is 0.580. The van der Waals surface area contributed by atoms with Crippen LogP contribution in [0.15, 0.2) is 48.1 Å². The molecule has 3 aromatic rings. The summed E-state index contributed by atoms with van der Waals surface area (Å²) in [6.45, 7) is 2.01. The van der Waals surface area contributed by atoms with E-state index < -0.39 is 18.0 Å². The van der Waals surface area contributed by atoms with Gasteiger partial charge in [-0.2, -0.15) is 5.10 Å². The van der Waals surface area contributed by atoms with E-state index in [0.717, 1.165) is 11.1 Å². The average molecular weight is 385 g/mol. The van der Waals surface area contributed by atoms with Crippen LogP contribution >= 0.6 is 11.3 Å². The number of carbonyl (C=O) groups excluding carboxylic acids is 2. The van der Waals surface area contributed by atoms with Crippen LogP contribution in [0, 0.1) is 0 Å². The molecule has 0 spiro atoms. The van der Waals surface area contributed by atoms with Crippen molar-refractivity contribution in [1.82, 2.24) is 14.8 Å². The zero-order chi connectivity index (χ0) is 19.2. The van der Waals surface area contributed by atoms with Gasteiger partial charge in [0.05, 0.1) is 19.2 Å². The van der Waals surface area contributed by atoms with E-state index in [4.69, 9.17) is 9.47 Å². The Kier molecular flexibility index (Phi) is 5.97. The van der Waals surface area contributed by atoms with Crippen molar-refractivity contribution in [3.05, 3.63) is 59.4 Å². The van der Waals surface area contributed by atoms with Gasteiger partial charge in [-0.15, -0.1) is 11.3 Å². The van der Waals surface area contributed by atoms with Crippen molar-refractivity contribution in [2.75, 3.05) is 6.61 Å². The second-order valence-electron chi connectivity index (χ2n) is 5.75. The fraction of sp³-hybridized carbons (Fsp3) is 0.263. The Morgan fingerprint density at radius 1 is 1.26 bits per heavy atom. The van der Waals surface area contributed by atoms with Crippen LogP contribution in [-0.4, -0.2) is 33.3 Å². The third kappa shape index (κ3) is 4.79. The van der Waals surface area contributed by atoms with Crippen molar-refractivity contribution in [2.45, 2.75) is 19.4 Å². The van der Waals surface area contributed by atoms with Crippen LogP contribution in [0.25, 0.3) is 10.6 Å². The van der Waals surface area contributed by atoms with E-state index >= 15 is 0 Å². The number of esters is 2. The molecular weight excluding hydrogens is 366 g/mol. The summed E-state index contributed by atoms with van der Waals surface area (Å²) in [5.41, 5.74) is 1.75. The Balaban J connectivity index is 1.76. The van der Waals surface area contributed by atoms with E-state index in [1.165, 1.54) is 11.3 Å². The minimum atomic E-state index is -0.735. The minimum Gasteiger partial charge on any atom is -0.466 e. The number of thiazole rings is 1. The fourth-order valence-electron chi connectivity index (χ4n) is 2.49. The molecule has 8 heteroatoms. The summed E-state index contributed by atoms with van der Waals surface area (Å²) >= 11 is 1.33. The molecule has 0 aliphatic rings. The number of carbonyl (C=O) groups is 2. The smallest absolute Gasteiger partial charge is 0.358 e. The first-order valence-corrected chi connectivity index (χ1v) is 9.31. The summed E-state index contributed by atoms with van der Waals surface area (Å²) in [5.74, 6) is -1.01. The third-order valence-corrected chi connectivity index (χ3v) is 4.63. The van der Waals surface area contributed by atoms with Gasteiger partial charge in [0.15, 0.2) is 5.69 Å². The number of aryl methyl sites for hydroxylation is 1. The molecule has 0 saturated heterocycles. The predicted molar refractivity (Wildman–Crippen MR) is 100 cm³/mol. The SMILES string of the molecule is CCOC(=O)CC(OC(=O)c1csc(-c2cnn(C)c2)n1)c1ccccc1. The summed E-state index contributed by atoms with van der Waals surface area (Å²) in [4.78, 5) is 28.8. The highest BCUT2D eigenvalue weighted by Gasteiger charge is 2.23. The average Bonchev–Trinajstić information content (AvgIpc) is 3.31. The standard InChI is InChI=1S/C19H19N3O4S/c1-3-25-17(23)9-16(13-7-5-4-6-8-13)26-19(24)15-12-27-18(21-15)14-10-20-22(2)11-14/h4-8,10-12,16H,3,9H2,1-2H3. The number of benzene rings is 1. The van der Waals surface area contributed by atoms with Gasteiger partial charge in [-0.05, 0) is 12.5 Å². The molecule has 1 unspecified atom stereocenters. The molecule has 1 atom stereocenters. The van der Waals surface area contributed by atoms with Crippen molar-refractivity contribution in [3.63, 3.8) is 0 Å². The van der Waals surface area contributed by atoms with E-state index in [1.807, 2.05) is 31.4 Å². The number of hydrogen-bond acceptors (Lipinski definition) is 7. The van der Waals surface area contributed by atoms with Crippen molar-refractivity contribution < 1.29 is 19.1 Å². The maximum Gasteiger partial charge on any atom is 0.358 e. The Bertz CT molecular complexity index is 920. The molecule has 0 bridgehead atoms. The highest BCUT2D eigenvalue weighted by molar-refractivity contribution is 7.13. The molecule has 27 heavy (non-hydrogen) atoms. The second-order valence-corrected chi connectivity index (χ2v) is 6.61. The molecule has 0 amide bonds. The number of nitrogens with zero attached hydrogens (tertiary/aromatic N) is 3. The first-order valence-electron chi connectivity index (χ1n) is 8.43. The van der Waals surface area contributed by atoms with Crippen LogP contribution in [0.4, 0.5) is 0 Å². The van der Waals surface area contributed by atoms with Gasteiger partial charge in [0.25, 0.3) is 0 Å². The molecule has 7 nitrogen and oxygen atoms in total. The van der Waals surface area contributed by atoms with Crippen LogP contribution < -0.4 is 0 Å². The number of rotatable bonds is 7. The summed E-state index contributed by atoms with van der Waals surface area (Å²) in [5, 5.41) is 6.41. The minimum absolute atomic E-state index is 0.0524. The molecule has 0 radical (unpaired) electrons. The zero-order valence-corrected chi connectivity index (χ0v) is 15.8. The zero-order valence-electron chi connectivity index (χ0n) is 15.0. The lowest BCUT2D eigenvalue weighted by atomic mass is 10.1. The second kappa shape index (κ2) is 8.59. The molecule has 0 aliphatic carbocycles. The predicted octanol–water partition coefficient (Wildman–Crippen LogP) is 3.39. The molecule has 2 heterocycles. The molecule has 0 aliphatic heterocycles. The van der Waals surface area contributed by atoms with Crippen LogP contribution in [-0.2, 0) is 21.3 Å². The van der Waals surface area contributed by atoms with Crippen LogP contribution in [0.2, 0.25) is 0 Å². The van der Waals surface area contributed by atoms with Crippen molar-refractivity contribution in [3.8, 4) is 10.6 Å². The highest BCUT2D eigenvalue weighted by atomic mass is 32.1. The molecule has 0 saturated carbocycles. The molecular formula is C19H19N3O4S. The third-order valence-electron chi connectivity index (χ3n) is 3.74. The van der Waals surface area contributed by atoms with Crippen molar-refractivity contribution in [2.24, 2.45) is 7.05 Å². The van der Waals surface area contributed by atoms with Crippen LogP contribution in [0.5, 0.6) is 0 Å². The number of hydrogen-bond donors (Lipinski definition) is 0. The Morgan fingerprint density at radius 2 is 2.04 bits per heavy atom. The summed E-state index contributed by atoms with van der Waals surface area (Å²) < 4.78 is 12.2. The molecule has 3 rings (SSSR count). The van der Waals surface area contributed by atoms with E-state index in [9.17, 15) is 9.59 Å². The van der Waals surface area contributed by atoms with Crippen LogP contribution in [0.1, 0.15) is 35.5 Å². The van der Waals surface area contributed by atoms with Gasteiger partial charge in [-0.25, -0.2) is 9.78 Å². The largest absolute Gasteiger partial charge is 0.466 e. The lowest BCUT2D eigenvalue weighted by molar-refractivity contribution is -0.145. The molecule has 140 valence electrons. The molecule has 0 fully saturated rings. The fourth-order valence-corrected chi connectivity index (χ4v) is 3.25.